The summed E-state index contributed by atoms with van der Waals surface area (Å²) in [5.74, 6) is -0.385. The van der Waals surface area contributed by atoms with Gasteiger partial charge in [0.1, 0.15) is 11.5 Å². The lowest BCUT2D eigenvalue weighted by molar-refractivity contribution is 0.628. The Hall–Kier alpha value is -2.86. The molecule has 0 aliphatic carbocycles. The van der Waals surface area contributed by atoms with Gasteiger partial charge in [0.05, 0.1) is 32.2 Å². The van der Waals surface area contributed by atoms with E-state index in [2.05, 4.69) is 32.1 Å². The molecule has 0 bridgehead atoms. The molecule has 0 amide bonds. The van der Waals surface area contributed by atoms with E-state index in [0.29, 0.717) is 10.4 Å². The quantitative estimate of drug-likeness (QED) is 0.321. The second-order valence-corrected chi connectivity index (χ2v) is 9.16. The number of thiophene rings is 1. The van der Waals surface area contributed by atoms with E-state index in [0.717, 1.165) is 19.9 Å². The average Bonchev–Trinajstić information content (AvgIpc) is 3.34. The molecule has 0 aliphatic heterocycles. The van der Waals surface area contributed by atoms with Crippen molar-refractivity contribution in [2.24, 2.45) is 10.1 Å². The third-order valence-corrected chi connectivity index (χ3v) is 6.40. The van der Waals surface area contributed by atoms with Gasteiger partial charge in [-0.25, -0.2) is 14.1 Å². The minimum Gasteiger partial charge on any atom is -0.217 e. The highest BCUT2D eigenvalue weighted by atomic mass is 79.9. The van der Waals surface area contributed by atoms with Gasteiger partial charge in [-0.05, 0) is 57.9 Å². The summed E-state index contributed by atoms with van der Waals surface area (Å²) in [6.07, 6.45) is 1.69. The molecule has 2 aromatic heterocycles. The molecule has 29 heavy (non-hydrogen) atoms. The normalized spacial score (nSPS) is 11.8. The van der Waals surface area contributed by atoms with Crippen molar-refractivity contribution in [1.82, 2.24) is 4.68 Å². The Morgan fingerprint density at radius 2 is 1.86 bits per heavy atom. The molecule has 0 N–H and O–H groups in total. The number of thiazole rings is 1. The molecule has 4 nitrogen and oxygen atoms in total. The Morgan fingerprint density at radius 3 is 2.55 bits per heavy atom. The van der Waals surface area contributed by atoms with Crippen molar-refractivity contribution in [3.05, 3.63) is 91.6 Å². The summed E-state index contributed by atoms with van der Waals surface area (Å²) in [4.78, 5) is 6.04. The highest BCUT2D eigenvalue weighted by Gasteiger charge is 2.10. The number of halogens is 2. The Labute approximate surface area is 182 Å². The predicted molar refractivity (Wildman–Crippen MR) is 119 cm³/mol. The summed E-state index contributed by atoms with van der Waals surface area (Å²) in [6.45, 7) is 0. The third kappa shape index (κ3) is 4.43. The van der Waals surface area contributed by atoms with Crippen molar-refractivity contribution in [2.45, 2.75) is 0 Å². The molecule has 4 rings (SSSR count). The second kappa shape index (κ2) is 8.66. The lowest BCUT2D eigenvalue weighted by Gasteiger charge is -2.01. The molecule has 0 unspecified atom stereocenters. The van der Waals surface area contributed by atoms with Crippen LogP contribution in [0.2, 0.25) is 0 Å². The minimum atomic E-state index is -0.385. The summed E-state index contributed by atoms with van der Waals surface area (Å²) < 4.78 is 16.8. The van der Waals surface area contributed by atoms with Gasteiger partial charge >= 0.3 is 0 Å². The van der Waals surface area contributed by atoms with E-state index in [9.17, 15) is 4.39 Å². The highest BCUT2D eigenvalue weighted by molar-refractivity contribution is 9.11. The van der Waals surface area contributed by atoms with Gasteiger partial charge in [0.25, 0.3) is 0 Å². The summed E-state index contributed by atoms with van der Waals surface area (Å²) in [5, 5.41) is 15.5. The van der Waals surface area contributed by atoms with Crippen molar-refractivity contribution >= 4 is 50.5 Å². The van der Waals surface area contributed by atoms with Crippen LogP contribution in [0.4, 0.5) is 10.1 Å². The zero-order valence-electron chi connectivity index (χ0n) is 14.8. The van der Waals surface area contributed by atoms with Crippen LogP contribution >= 0.6 is 38.6 Å². The molecule has 142 valence electrons. The first kappa shape index (κ1) is 19.5. The number of hydrogen-bond acceptors (Lipinski definition) is 5. The standard InChI is InChI=1S/C21H12BrFN4S2/c22-20-10-9-19(29-20)18-13-28-21(26-17-4-2-1-3-16(17)23)27(18)25-12-15-7-5-14(11-24)6-8-15/h1-10,12-13H. The first-order valence-electron chi connectivity index (χ1n) is 8.44. The molecule has 0 spiro atoms. The van der Waals surface area contributed by atoms with Crippen molar-refractivity contribution < 1.29 is 4.39 Å². The number of benzene rings is 2. The summed E-state index contributed by atoms with van der Waals surface area (Å²) in [6, 6.07) is 19.6. The smallest absolute Gasteiger partial charge is 0.211 e. The third-order valence-electron chi connectivity index (χ3n) is 3.94. The number of nitriles is 1. The molecule has 0 fully saturated rings. The van der Waals surface area contributed by atoms with Gasteiger partial charge in [0.15, 0.2) is 0 Å². The topological polar surface area (TPSA) is 53.4 Å². The van der Waals surface area contributed by atoms with Gasteiger partial charge in [-0.1, -0.05) is 24.3 Å². The molecular formula is C21H12BrFN4S2. The van der Waals surface area contributed by atoms with Crippen LogP contribution in [0.1, 0.15) is 11.1 Å². The van der Waals surface area contributed by atoms with Crippen LogP contribution in [-0.2, 0) is 0 Å². The fourth-order valence-corrected chi connectivity index (χ4v) is 4.83. The van der Waals surface area contributed by atoms with Gasteiger partial charge in [0.2, 0.25) is 4.80 Å². The van der Waals surface area contributed by atoms with E-state index in [4.69, 9.17) is 5.26 Å². The molecule has 0 atom stereocenters. The zero-order valence-corrected chi connectivity index (χ0v) is 18.0. The van der Waals surface area contributed by atoms with E-state index in [1.807, 2.05) is 29.6 Å². The minimum absolute atomic E-state index is 0.260. The number of aromatic nitrogens is 1. The maximum Gasteiger partial charge on any atom is 0.211 e. The molecule has 0 radical (unpaired) electrons. The largest absolute Gasteiger partial charge is 0.217 e. The Balaban J connectivity index is 1.82. The van der Waals surface area contributed by atoms with Gasteiger partial charge in [0, 0.05) is 5.38 Å². The van der Waals surface area contributed by atoms with Crippen molar-refractivity contribution in [3.63, 3.8) is 0 Å². The number of nitrogens with zero attached hydrogens (tertiary/aromatic N) is 4. The number of hydrogen-bond donors (Lipinski definition) is 0. The lowest BCUT2D eigenvalue weighted by atomic mass is 10.2. The summed E-state index contributed by atoms with van der Waals surface area (Å²) in [7, 11) is 0. The van der Waals surface area contributed by atoms with Gasteiger partial charge in [-0.15, -0.1) is 22.7 Å². The molecular weight excluding hydrogens is 471 g/mol. The number of para-hydroxylation sites is 1. The molecule has 4 aromatic rings. The Bertz CT molecular complexity index is 1290. The Morgan fingerprint density at radius 1 is 1.07 bits per heavy atom. The van der Waals surface area contributed by atoms with Crippen LogP contribution in [-0.4, -0.2) is 10.9 Å². The molecule has 2 heterocycles. The maximum absolute atomic E-state index is 14.1. The SMILES string of the molecule is N#Cc1ccc(C=Nn2c(-c3ccc(Br)s3)csc2=Nc2ccccc2F)cc1. The van der Waals surface area contributed by atoms with Gasteiger partial charge in [-0.2, -0.15) is 10.4 Å². The fraction of sp³-hybridized carbons (Fsp3) is 0. The van der Waals surface area contributed by atoms with E-state index >= 15 is 0 Å². The van der Waals surface area contributed by atoms with Crippen LogP contribution in [0.25, 0.3) is 10.6 Å². The number of rotatable bonds is 4. The van der Waals surface area contributed by atoms with Crippen LogP contribution < -0.4 is 4.80 Å². The Kier molecular flexibility index (Phi) is 5.81. The molecule has 2 aromatic carbocycles. The van der Waals surface area contributed by atoms with Gasteiger partial charge in [-0.3, -0.25) is 0 Å². The second-order valence-electron chi connectivity index (χ2n) is 5.86. The van der Waals surface area contributed by atoms with Gasteiger partial charge < -0.3 is 0 Å². The van der Waals surface area contributed by atoms with Crippen LogP contribution in [0.3, 0.4) is 0 Å². The van der Waals surface area contributed by atoms with E-state index < -0.39 is 0 Å². The summed E-state index contributed by atoms with van der Waals surface area (Å²) >= 11 is 6.46. The van der Waals surface area contributed by atoms with Crippen molar-refractivity contribution in [3.8, 4) is 16.6 Å². The van der Waals surface area contributed by atoms with Crippen LogP contribution in [0.15, 0.2) is 79.9 Å². The fourth-order valence-electron chi connectivity index (χ4n) is 2.52. The monoisotopic (exact) mass is 482 g/mol. The lowest BCUT2D eigenvalue weighted by Crippen LogP contribution is -2.11. The molecule has 0 saturated carbocycles. The predicted octanol–water partition coefficient (Wildman–Crippen LogP) is 6.17. The van der Waals surface area contributed by atoms with Crippen LogP contribution in [0, 0.1) is 17.1 Å². The zero-order chi connectivity index (χ0) is 20.2. The maximum atomic E-state index is 14.1. The van der Waals surface area contributed by atoms with E-state index in [1.54, 1.807) is 52.6 Å². The first-order chi connectivity index (χ1) is 14.1. The molecule has 8 heteroatoms. The highest BCUT2D eigenvalue weighted by Crippen LogP contribution is 2.31. The van der Waals surface area contributed by atoms with Crippen LogP contribution in [0.5, 0.6) is 0 Å². The molecule has 0 aliphatic rings. The van der Waals surface area contributed by atoms with E-state index in [1.165, 1.54) is 17.4 Å². The average molecular weight is 483 g/mol. The first-order valence-corrected chi connectivity index (χ1v) is 10.9. The van der Waals surface area contributed by atoms with Crippen molar-refractivity contribution in [1.29, 1.82) is 5.26 Å². The molecule has 0 saturated heterocycles. The van der Waals surface area contributed by atoms with Crippen molar-refractivity contribution in [2.75, 3.05) is 0 Å². The van der Waals surface area contributed by atoms with E-state index in [-0.39, 0.29) is 11.5 Å². The summed E-state index contributed by atoms with van der Waals surface area (Å²) in [5.41, 5.74) is 2.56.